The molecule has 1 heterocycles. The summed E-state index contributed by atoms with van der Waals surface area (Å²) in [6.07, 6.45) is -4.63. The lowest BCUT2D eigenvalue weighted by Gasteiger charge is -2.28. The number of nitro groups is 1. The zero-order valence-corrected chi connectivity index (χ0v) is 17.3. The minimum atomic E-state index is -4.63. The maximum absolute atomic E-state index is 13.2. The molecule has 1 aromatic carbocycles. The van der Waals surface area contributed by atoms with Crippen LogP contribution in [0, 0.1) is 10.1 Å². The predicted octanol–water partition coefficient (Wildman–Crippen LogP) is 3.42. The molecule has 7 nitrogen and oxygen atoms in total. The van der Waals surface area contributed by atoms with Gasteiger partial charge in [-0.2, -0.15) is 24.9 Å². The summed E-state index contributed by atoms with van der Waals surface area (Å²) in [6.45, 7) is 3.39. The molecule has 1 aromatic rings. The number of alkyl halides is 3. The quantitative estimate of drug-likeness (QED) is 0.284. The third-order valence-electron chi connectivity index (χ3n) is 4.47. The van der Waals surface area contributed by atoms with Crippen molar-refractivity contribution in [1.82, 2.24) is 0 Å². The Hall–Kier alpha value is -2.40. The van der Waals surface area contributed by atoms with Gasteiger partial charge in [-0.15, -0.1) is 0 Å². The summed E-state index contributed by atoms with van der Waals surface area (Å²) < 4.78 is 44.8. The Labute approximate surface area is 175 Å². The van der Waals surface area contributed by atoms with Gasteiger partial charge in [-0.25, -0.2) is 4.79 Å². The summed E-state index contributed by atoms with van der Waals surface area (Å²) in [6, 6.07) is 2.74. The van der Waals surface area contributed by atoms with Gasteiger partial charge in [0.2, 0.25) is 0 Å². The molecule has 2 unspecified atom stereocenters. The number of esters is 1. The summed E-state index contributed by atoms with van der Waals surface area (Å²) >= 11 is 1.37. The van der Waals surface area contributed by atoms with Crippen LogP contribution in [-0.4, -0.2) is 47.3 Å². The van der Waals surface area contributed by atoms with Crippen LogP contribution in [0.2, 0.25) is 0 Å². The number of aliphatic imine (C=N–C) groups is 1. The molecule has 0 saturated carbocycles. The first kappa shape index (κ1) is 23.9. The molecule has 0 aromatic heterocycles. The highest BCUT2D eigenvalue weighted by Gasteiger charge is 2.46. The van der Waals surface area contributed by atoms with Crippen molar-refractivity contribution >= 4 is 23.4 Å². The Morgan fingerprint density at radius 2 is 2.10 bits per heavy atom. The van der Waals surface area contributed by atoms with E-state index in [2.05, 4.69) is 4.99 Å². The molecule has 0 fully saturated rings. The first-order valence-corrected chi connectivity index (χ1v) is 10.3. The highest BCUT2D eigenvalue weighted by molar-refractivity contribution is 7.99. The van der Waals surface area contributed by atoms with Crippen molar-refractivity contribution in [3.05, 3.63) is 56.8 Å². The fourth-order valence-corrected chi connectivity index (χ4v) is 3.99. The van der Waals surface area contributed by atoms with Crippen molar-refractivity contribution in [3.8, 4) is 0 Å². The van der Waals surface area contributed by atoms with Crippen molar-refractivity contribution in [2.45, 2.75) is 32.0 Å². The number of benzene rings is 1. The molecular weight excluding hydrogens is 423 g/mol. The molecule has 11 heteroatoms. The third kappa shape index (κ3) is 5.39. The van der Waals surface area contributed by atoms with Crippen LogP contribution in [0.15, 0.2) is 40.5 Å². The first-order valence-electron chi connectivity index (χ1n) is 9.15. The SMILES string of the molecule is CCOC(=O)C1=C(CSCCN)N=C(C)C([N+](=O)[O-])C1c1cccc(C(F)(F)F)c1. The van der Waals surface area contributed by atoms with Crippen molar-refractivity contribution in [2.75, 3.05) is 24.7 Å². The fraction of sp³-hybridized carbons (Fsp3) is 0.474. The number of nitrogens with zero attached hydrogens (tertiary/aromatic N) is 2. The summed E-state index contributed by atoms with van der Waals surface area (Å²) in [5.74, 6) is -1.30. The van der Waals surface area contributed by atoms with Crippen LogP contribution in [0.25, 0.3) is 0 Å². The van der Waals surface area contributed by atoms with E-state index in [9.17, 15) is 28.1 Å². The van der Waals surface area contributed by atoms with Crippen LogP contribution in [0.3, 0.4) is 0 Å². The Bertz CT molecular complexity index is 871. The van der Waals surface area contributed by atoms with Crippen LogP contribution < -0.4 is 5.73 Å². The van der Waals surface area contributed by atoms with Gasteiger partial charge < -0.3 is 10.5 Å². The Morgan fingerprint density at radius 3 is 2.67 bits per heavy atom. The highest BCUT2D eigenvalue weighted by atomic mass is 32.2. The van der Waals surface area contributed by atoms with Crippen LogP contribution in [-0.2, 0) is 15.7 Å². The topological polar surface area (TPSA) is 108 Å². The van der Waals surface area contributed by atoms with Gasteiger partial charge >= 0.3 is 12.1 Å². The lowest BCUT2D eigenvalue weighted by molar-refractivity contribution is -0.505. The molecular formula is C19H22F3N3O4S. The number of carbonyl (C=O) groups is 1. The van der Waals surface area contributed by atoms with E-state index in [-0.39, 0.29) is 34.9 Å². The van der Waals surface area contributed by atoms with Gasteiger partial charge in [-0.3, -0.25) is 15.1 Å². The minimum Gasteiger partial charge on any atom is -0.463 e. The second kappa shape index (κ2) is 10.1. The zero-order chi connectivity index (χ0) is 22.5. The fourth-order valence-electron chi connectivity index (χ4n) is 3.27. The van der Waals surface area contributed by atoms with E-state index in [0.717, 1.165) is 12.1 Å². The lowest BCUT2D eigenvalue weighted by Crippen LogP contribution is -2.40. The van der Waals surface area contributed by atoms with E-state index >= 15 is 0 Å². The number of carbonyl (C=O) groups excluding carboxylic acids is 1. The van der Waals surface area contributed by atoms with E-state index in [4.69, 9.17) is 10.5 Å². The largest absolute Gasteiger partial charge is 0.463 e. The maximum Gasteiger partial charge on any atom is 0.416 e. The third-order valence-corrected chi connectivity index (χ3v) is 5.48. The van der Waals surface area contributed by atoms with Gasteiger partial charge in [0.15, 0.2) is 0 Å². The minimum absolute atomic E-state index is 0.00477. The van der Waals surface area contributed by atoms with Gasteiger partial charge in [0.1, 0.15) is 0 Å². The number of ether oxygens (including phenoxy) is 1. The first-order chi connectivity index (χ1) is 14.1. The molecule has 0 radical (unpaired) electrons. The number of thioether (sulfide) groups is 1. The van der Waals surface area contributed by atoms with Crippen LogP contribution in [0.4, 0.5) is 13.2 Å². The predicted molar refractivity (Wildman–Crippen MR) is 108 cm³/mol. The lowest BCUT2D eigenvalue weighted by atomic mass is 9.80. The van der Waals surface area contributed by atoms with E-state index in [1.807, 2.05) is 0 Å². The second-order valence-corrected chi connectivity index (χ2v) is 7.61. The molecule has 2 atom stereocenters. The van der Waals surface area contributed by atoms with Crippen molar-refractivity contribution in [3.63, 3.8) is 0 Å². The van der Waals surface area contributed by atoms with E-state index in [1.54, 1.807) is 6.92 Å². The molecule has 0 spiro atoms. The van der Waals surface area contributed by atoms with Crippen molar-refractivity contribution < 1.29 is 27.6 Å². The summed E-state index contributed by atoms with van der Waals surface area (Å²) in [5, 5.41) is 11.8. The van der Waals surface area contributed by atoms with Gasteiger partial charge in [0.25, 0.3) is 6.04 Å². The molecule has 1 aliphatic rings. The summed E-state index contributed by atoms with van der Waals surface area (Å²) in [5.41, 5.74) is 4.82. The summed E-state index contributed by atoms with van der Waals surface area (Å²) in [4.78, 5) is 28.2. The molecule has 164 valence electrons. The molecule has 1 aliphatic heterocycles. The molecule has 0 aliphatic carbocycles. The number of rotatable bonds is 8. The van der Waals surface area contributed by atoms with Crippen LogP contribution >= 0.6 is 11.8 Å². The van der Waals surface area contributed by atoms with Gasteiger partial charge in [0, 0.05) is 23.0 Å². The van der Waals surface area contributed by atoms with Gasteiger partial charge in [0.05, 0.1) is 35.1 Å². The monoisotopic (exact) mass is 445 g/mol. The van der Waals surface area contributed by atoms with E-state index in [0.29, 0.717) is 12.3 Å². The molecule has 30 heavy (non-hydrogen) atoms. The molecule has 2 rings (SSSR count). The van der Waals surface area contributed by atoms with Crippen LogP contribution in [0.5, 0.6) is 0 Å². The van der Waals surface area contributed by atoms with E-state index in [1.165, 1.54) is 30.8 Å². The standard InChI is InChI=1S/C19H22F3N3O4S/c1-3-29-18(26)16-14(10-30-8-7-23)24-11(2)17(25(27)28)15(16)12-5-4-6-13(9-12)19(20,21)22/h4-6,9,15,17H,3,7-8,10,23H2,1-2H3. The second-order valence-electron chi connectivity index (χ2n) is 6.51. The number of halogens is 3. The Kier molecular flexibility index (Phi) is 8.02. The summed E-state index contributed by atoms with van der Waals surface area (Å²) in [7, 11) is 0. The molecule has 2 N–H and O–H groups in total. The number of hydrogen-bond donors (Lipinski definition) is 1. The Balaban J connectivity index is 2.69. The van der Waals surface area contributed by atoms with Gasteiger partial charge in [-0.1, -0.05) is 18.2 Å². The Morgan fingerprint density at radius 1 is 1.40 bits per heavy atom. The molecule has 0 bridgehead atoms. The van der Waals surface area contributed by atoms with Gasteiger partial charge in [-0.05, 0) is 25.5 Å². The van der Waals surface area contributed by atoms with Crippen LogP contribution in [0.1, 0.15) is 30.9 Å². The van der Waals surface area contributed by atoms with Crippen molar-refractivity contribution in [2.24, 2.45) is 10.7 Å². The number of nitrogens with two attached hydrogens (primary N) is 1. The average Bonchev–Trinajstić information content (AvgIpc) is 2.67. The zero-order valence-electron chi connectivity index (χ0n) is 16.4. The normalized spacial score (nSPS) is 19.5. The maximum atomic E-state index is 13.2. The smallest absolute Gasteiger partial charge is 0.416 e. The van der Waals surface area contributed by atoms with Crippen molar-refractivity contribution in [1.29, 1.82) is 0 Å². The number of hydrogen-bond acceptors (Lipinski definition) is 7. The highest BCUT2D eigenvalue weighted by Crippen LogP contribution is 2.40. The molecule has 0 amide bonds. The molecule has 0 saturated heterocycles. The van der Waals surface area contributed by atoms with E-state index < -0.39 is 34.6 Å². The average molecular weight is 445 g/mol.